The van der Waals surface area contributed by atoms with Crippen LogP contribution >= 0.6 is 0 Å². The van der Waals surface area contributed by atoms with E-state index in [1.807, 2.05) is 0 Å². The van der Waals surface area contributed by atoms with Gasteiger partial charge in [-0.15, -0.1) is 0 Å². The molecular weight excluding hydrogens is 212 g/mol. The van der Waals surface area contributed by atoms with Crippen molar-refractivity contribution in [1.82, 2.24) is 0 Å². The molecule has 0 N–H and O–H groups in total. The summed E-state index contributed by atoms with van der Waals surface area (Å²) in [5.41, 5.74) is 0.0776. The highest BCUT2D eigenvalue weighted by Crippen LogP contribution is 2.28. The highest BCUT2D eigenvalue weighted by Gasteiger charge is 2.25. The number of carbonyl (C=O) groups is 1. The molecule has 0 saturated carbocycles. The first-order valence-corrected chi connectivity index (χ1v) is 7.25. The Morgan fingerprint density at radius 3 is 2.24 bits per heavy atom. The highest BCUT2D eigenvalue weighted by atomic mass is 16.5. The van der Waals surface area contributed by atoms with Gasteiger partial charge in [0.25, 0.3) is 0 Å². The first-order valence-electron chi connectivity index (χ1n) is 7.25. The van der Waals surface area contributed by atoms with Gasteiger partial charge in [-0.2, -0.15) is 0 Å². The lowest BCUT2D eigenvalue weighted by Crippen LogP contribution is -2.31. The molecule has 102 valence electrons. The summed E-state index contributed by atoms with van der Waals surface area (Å²) in [5, 5.41) is 0. The molecule has 1 atom stereocenters. The second-order valence-corrected chi connectivity index (χ2v) is 4.89. The van der Waals surface area contributed by atoms with Crippen molar-refractivity contribution >= 4 is 6.29 Å². The van der Waals surface area contributed by atoms with Crippen molar-refractivity contribution in [3.63, 3.8) is 0 Å². The van der Waals surface area contributed by atoms with Crippen LogP contribution in [0.15, 0.2) is 0 Å². The van der Waals surface area contributed by atoms with Crippen LogP contribution < -0.4 is 0 Å². The normalized spacial score (nSPS) is 13.6. The second kappa shape index (κ2) is 9.64. The van der Waals surface area contributed by atoms with Crippen LogP contribution in [-0.2, 0) is 9.53 Å². The molecule has 2 heteroatoms. The Morgan fingerprint density at radius 1 is 1.18 bits per heavy atom. The van der Waals surface area contributed by atoms with Crippen molar-refractivity contribution < 1.29 is 9.53 Å². The fraction of sp³-hybridized carbons (Fsp3) is 0.933. The van der Waals surface area contributed by atoms with Gasteiger partial charge in [0.15, 0.2) is 0 Å². The third kappa shape index (κ3) is 6.21. The molecule has 0 rings (SSSR count). The Labute approximate surface area is 107 Å². The van der Waals surface area contributed by atoms with Crippen LogP contribution in [-0.4, -0.2) is 18.5 Å². The number of carbonyl (C=O) groups excluding carboxylic acids is 1. The molecule has 0 aliphatic heterocycles. The van der Waals surface area contributed by atoms with Gasteiger partial charge in [0.05, 0.1) is 5.60 Å². The van der Waals surface area contributed by atoms with Crippen LogP contribution in [0.4, 0.5) is 0 Å². The van der Waals surface area contributed by atoms with Gasteiger partial charge in [-0.3, -0.25) is 0 Å². The Bertz CT molecular complexity index is 185. The third-order valence-electron chi connectivity index (χ3n) is 3.99. The minimum absolute atomic E-state index is 0.0776. The van der Waals surface area contributed by atoms with Crippen molar-refractivity contribution in [3.05, 3.63) is 0 Å². The van der Waals surface area contributed by atoms with E-state index in [0.717, 1.165) is 51.4 Å². The number of ether oxygens (including phenoxy) is 1. The van der Waals surface area contributed by atoms with Crippen molar-refractivity contribution in [1.29, 1.82) is 0 Å². The molecule has 0 aromatic heterocycles. The lowest BCUT2D eigenvalue weighted by atomic mass is 9.87. The van der Waals surface area contributed by atoms with Crippen LogP contribution in [0.25, 0.3) is 0 Å². The summed E-state index contributed by atoms with van der Waals surface area (Å²) in [5.74, 6) is 0.570. The lowest BCUT2D eigenvalue weighted by Gasteiger charge is -2.32. The van der Waals surface area contributed by atoms with Gasteiger partial charge < -0.3 is 9.53 Å². The molecular formula is C15H30O2. The molecule has 17 heavy (non-hydrogen) atoms. The molecule has 0 aliphatic rings. The van der Waals surface area contributed by atoms with E-state index in [2.05, 4.69) is 27.7 Å². The van der Waals surface area contributed by atoms with E-state index < -0.39 is 0 Å². The van der Waals surface area contributed by atoms with E-state index in [0.29, 0.717) is 5.92 Å². The molecule has 0 saturated heterocycles. The SMILES string of the molecule is CCOC(CC)(CC)CCCC(CC)CC=O. The largest absolute Gasteiger partial charge is 0.375 e. The van der Waals surface area contributed by atoms with Crippen molar-refractivity contribution in [2.75, 3.05) is 6.61 Å². The number of hydrogen-bond acceptors (Lipinski definition) is 2. The Hall–Kier alpha value is -0.370. The average Bonchev–Trinajstić information content (AvgIpc) is 2.36. The topological polar surface area (TPSA) is 26.3 Å². The molecule has 0 radical (unpaired) electrons. The maximum Gasteiger partial charge on any atom is 0.120 e. The molecule has 0 bridgehead atoms. The predicted molar refractivity (Wildman–Crippen MR) is 73.3 cm³/mol. The van der Waals surface area contributed by atoms with E-state index in [9.17, 15) is 4.79 Å². The van der Waals surface area contributed by atoms with Gasteiger partial charge in [0.2, 0.25) is 0 Å². The van der Waals surface area contributed by atoms with Gasteiger partial charge in [-0.25, -0.2) is 0 Å². The van der Waals surface area contributed by atoms with E-state index in [4.69, 9.17) is 4.74 Å². The molecule has 1 unspecified atom stereocenters. The van der Waals surface area contributed by atoms with E-state index in [-0.39, 0.29) is 5.60 Å². The number of hydrogen-bond donors (Lipinski definition) is 0. The van der Waals surface area contributed by atoms with E-state index in [1.54, 1.807) is 0 Å². The van der Waals surface area contributed by atoms with E-state index in [1.165, 1.54) is 6.42 Å². The monoisotopic (exact) mass is 242 g/mol. The molecule has 0 amide bonds. The molecule has 2 nitrogen and oxygen atoms in total. The third-order valence-corrected chi connectivity index (χ3v) is 3.99. The van der Waals surface area contributed by atoms with Crippen LogP contribution in [0.5, 0.6) is 0 Å². The van der Waals surface area contributed by atoms with Gasteiger partial charge >= 0.3 is 0 Å². The van der Waals surface area contributed by atoms with Crippen molar-refractivity contribution in [2.24, 2.45) is 5.92 Å². The van der Waals surface area contributed by atoms with Gasteiger partial charge in [0.1, 0.15) is 6.29 Å². The summed E-state index contributed by atoms with van der Waals surface area (Å²) in [6.45, 7) is 9.46. The van der Waals surface area contributed by atoms with Gasteiger partial charge in [-0.05, 0) is 38.5 Å². The van der Waals surface area contributed by atoms with Crippen molar-refractivity contribution in [3.8, 4) is 0 Å². The zero-order valence-electron chi connectivity index (χ0n) is 12.1. The molecule has 0 aromatic carbocycles. The lowest BCUT2D eigenvalue weighted by molar-refractivity contribution is -0.108. The molecule has 0 aliphatic carbocycles. The first-order chi connectivity index (χ1) is 8.17. The number of rotatable bonds is 11. The fourth-order valence-electron chi connectivity index (χ4n) is 2.52. The maximum atomic E-state index is 10.5. The summed E-state index contributed by atoms with van der Waals surface area (Å²) in [6, 6.07) is 0. The number of aldehydes is 1. The minimum atomic E-state index is 0.0776. The van der Waals surface area contributed by atoms with Crippen LogP contribution in [0.1, 0.15) is 72.6 Å². The second-order valence-electron chi connectivity index (χ2n) is 4.89. The van der Waals surface area contributed by atoms with Crippen LogP contribution in [0.3, 0.4) is 0 Å². The smallest absolute Gasteiger partial charge is 0.120 e. The summed E-state index contributed by atoms with van der Waals surface area (Å²) < 4.78 is 5.93. The maximum absolute atomic E-state index is 10.5. The Balaban J connectivity index is 4.07. The molecule has 0 aromatic rings. The standard InChI is InChI=1S/C15H30O2/c1-5-14(11-13-16)10-9-12-15(6-2,7-3)17-8-4/h13-14H,5-12H2,1-4H3. The van der Waals surface area contributed by atoms with Crippen molar-refractivity contribution in [2.45, 2.75) is 78.2 Å². The summed E-state index contributed by atoms with van der Waals surface area (Å²) in [7, 11) is 0. The van der Waals surface area contributed by atoms with Gasteiger partial charge in [-0.1, -0.05) is 33.6 Å². The zero-order valence-corrected chi connectivity index (χ0v) is 12.1. The molecule has 0 spiro atoms. The van der Waals surface area contributed by atoms with Crippen LogP contribution in [0.2, 0.25) is 0 Å². The molecule has 0 heterocycles. The first kappa shape index (κ1) is 16.6. The molecule has 0 fully saturated rings. The summed E-state index contributed by atoms with van der Waals surface area (Å²) in [6.07, 6.45) is 8.52. The highest BCUT2D eigenvalue weighted by molar-refractivity contribution is 5.49. The summed E-state index contributed by atoms with van der Waals surface area (Å²) >= 11 is 0. The minimum Gasteiger partial charge on any atom is -0.375 e. The van der Waals surface area contributed by atoms with Gasteiger partial charge in [0, 0.05) is 13.0 Å². The Kier molecular flexibility index (Phi) is 9.43. The van der Waals surface area contributed by atoms with E-state index >= 15 is 0 Å². The summed E-state index contributed by atoms with van der Waals surface area (Å²) in [4.78, 5) is 10.5. The van der Waals surface area contributed by atoms with Crippen LogP contribution in [0, 0.1) is 5.92 Å². The predicted octanol–water partition coefficient (Wildman–Crippen LogP) is 4.37. The zero-order chi connectivity index (χ0) is 13.1. The average molecular weight is 242 g/mol. The quantitative estimate of drug-likeness (QED) is 0.503. The Morgan fingerprint density at radius 2 is 1.82 bits per heavy atom. The fourth-order valence-corrected chi connectivity index (χ4v) is 2.52.